The van der Waals surface area contributed by atoms with E-state index in [9.17, 15) is 19.2 Å². The molecule has 0 aliphatic carbocycles. The van der Waals surface area contributed by atoms with E-state index in [-0.39, 0.29) is 29.2 Å². The maximum absolute atomic E-state index is 13.9. The number of nitrogens with one attached hydrogen (secondary N) is 2. The number of aryl methyl sites for hydroxylation is 1. The number of halogens is 1. The van der Waals surface area contributed by atoms with Crippen LogP contribution in [-0.4, -0.2) is 34.6 Å². The predicted octanol–water partition coefficient (Wildman–Crippen LogP) is 5.21. The second-order valence-electron chi connectivity index (χ2n) is 9.49. The molecule has 0 radical (unpaired) electrons. The number of carbonyl (C=O) groups excluding carboxylic acids is 3. The lowest BCUT2D eigenvalue weighted by atomic mass is 9.82. The highest BCUT2D eigenvalue weighted by Gasteiger charge is 2.56. The van der Waals surface area contributed by atoms with Gasteiger partial charge in [0, 0.05) is 27.1 Å². The summed E-state index contributed by atoms with van der Waals surface area (Å²) in [5.41, 5.74) is 2.66. The molecule has 40 heavy (non-hydrogen) atoms. The van der Waals surface area contributed by atoms with E-state index in [1.54, 1.807) is 48.5 Å². The molecule has 11 heteroatoms. The molecule has 2 unspecified atom stereocenters. The lowest BCUT2D eigenvalue weighted by molar-refractivity contribution is -0.122. The summed E-state index contributed by atoms with van der Waals surface area (Å²) < 4.78 is 5.98. The van der Waals surface area contributed by atoms with Gasteiger partial charge in [-0.25, -0.2) is 4.90 Å². The molecule has 3 aromatic carbocycles. The number of nitrogens with zero attached hydrogens (tertiary/aromatic N) is 1. The molecule has 2 aliphatic rings. The van der Waals surface area contributed by atoms with Crippen molar-refractivity contribution in [2.24, 2.45) is 5.92 Å². The Balaban J connectivity index is 1.36. The highest BCUT2D eigenvalue weighted by atomic mass is 35.5. The maximum atomic E-state index is 13.9. The van der Waals surface area contributed by atoms with Gasteiger partial charge in [0.1, 0.15) is 11.0 Å². The van der Waals surface area contributed by atoms with Crippen molar-refractivity contribution in [1.29, 1.82) is 0 Å². The van der Waals surface area contributed by atoms with Gasteiger partial charge >= 0.3 is 4.87 Å². The third-order valence-electron chi connectivity index (χ3n) is 6.81. The van der Waals surface area contributed by atoms with Crippen molar-refractivity contribution in [2.45, 2.75) is 23.1 Å². The molecule has 1 fully saturated rings. The molecule has 0 spiro atoms. The molecule has 2 aliphatic heterocycles. The van der Waals surface area contributed by atoms with Crippen LogP contribution in [0.2, 0.25) is 5.02 Å². The number of thiazole rings is 1. The van der Waals surface area contributed by atoms with E-state index in [0.717, 1.165) is 16.9 Å². The van der Waals surface area contributed by atoms with Crippen LogP contribution in [0.15, 0.2) is 82.6 Å². The zero-order valence-electron chi connectivity index (χ0n) is 21.1. The number of carbonyl (C=O) groups is 3. The van der Waals surface area contributed by atoms with Crippen molar-refractivity contribution in [3.05, 3.63) is 103 Å². The molecule has 0 saturated carbocycles. The van der Waals surface area contributed by atoms with Gasteiger partial charge in [-0.05, 0) is 55.0 Å². The highest BCUT2D eigenvalue weighted by Crippen LogP contribution is 2.54. The number of rotatable bonds is 6. The van der Waals surface area contributed by atoms with Crippen LogP contribution in [0.25, 0.3) is 0 Å². The Morgan fingerprint density at radius 1 is 1.02 bits per heavy atom. The summed E-state index contributed by atoms with van der Waals surface area (Å²) in [5, 5.41) is 2.99. The standard InChI is InChI=1S/C29H22ClN3O5S2/c1-15-6-5-7-17(12-15)31-21(34)14-38-20-11-10-16(30)13-19(20)22-23-25(39-26-24(22)40-29(37)32-26)28(36)33(27(23)35)18-8-3-2-4-9-18/h2-13,22-23,25H,14H2,1H3,(H,31,34)(H,32,37)/t22-,23?,25?/m1/s1. The average molecular weight is 592 g/mol. The summed E-state index contributed by atoms with van der Waals surface area (Å²) in [7, 11) is 0. The van der Waals surface area contributed by atoms with Crippen LogP contribution >= 0.6 is 34.7 Å². The number of anilines is 2. The highest BCUT2D eigenvalue weighted by molar-refractivity contribution is 8.00. The second-order valence-corrected chi connectivity index (χ2v) is 12.1. The molecular formula is C29H22ClN3O5S2. The van der Waals surface area contributed by atoms with E-state index in [1.807, 2.05) is 31.2 Å². The van der Waals surface area contributed by atoms with Gasteiger partial charge in [0.15, 0.2) is 6.61 Å². The van der Waals surface area contributed by atoms with E-state index in [2.05, 4.69) is 10.3 Å². The van der Waals surface area contributed by atoms with Gasteiger partial charge in [0.2, 0.25) is 11.8 Å². The number of amides is 3. The van der Waals surface area contributed by atoms with Crippen LogP contribution in [0.4, 0.5) is 11.4 Å². The van der Waals surface area contributed by atoms with Crippen LogP contribution in [0, 0.1) is 12.8 Å². The molecule has 0 bridgehead atoms. The number of H-pyrrole nitrogens is 1. The SMILES string of the molecule is Cc1cccc(NC(=O)COc2ccc(Cl)cc2[C@H]2c3sc(=O)[nH]c3SC3C(=O)N(c4ccccc4)C(=O)C32)c1. The van der Waals surface area contributed by atoms with Crippen LogP contribution in [0.5, 0.6) is 5.75 Å². The van der Waals surface area contributed by atoms with Crippen LogP contribution in [0.3, 0.4) is 0 Å². The molecule has 202 valence electrons. The second kappa shape index (κ2) is 10.6. The smallest absolute Gasteiger partial charge is 0.305 e. The normalized spacial score (nSPS) is 19.8. The number of imide groups is 1. The van der Waals surface area contributed by atoms with Crippen LogP contribution < -0.4 is 19.8 Å². The van der Waals surface area contributed by atoms with Gasteiger partial charge in [-0.3, -0.25) is 19.2 Å². The Bertz CT molecular complexity index is 1700. The van der Waals surface area contributed by atoms with Gasteiger partial charge in [-0.1, -0.05) is 65.0 Å². The lowest BCUT2D eigenvalue weighted by Crippen LogP contribution is -2.32. The molecule has 2 N–H and O–H groups in total. The minimum atomic E-state index is -0.807. The first-order valence-electron chi connectivity index (χ1n) is 12.4. The summed E-state index contributed by atoms with van der Waals surface area (Å²) in [5.74, 6) is -2.24. The number of fused-ring (bicyclic) bond motifs is 2. The van der Waals surface area contributed by atoms with E-state index in [1.165, 1.54) is 16.7 Å². The number of thioether (sulfide) groups is 1. The molecule has 1 saturated heterocycles. The third-order valence-corrected chi connectivity index (χ3v) is 9.44. The third kappa shape index (κ3) is 4.83. The molecular weight excluding hydrogens is 570 g/mol. The Morgan fingerprint density at radius 2 is 1.82 bits per heavy atom. The number of aromatic nitrogens is 1. The number of aromatic amines is 1. The zero-order valence-corrected chi connectivity index (χ0v) is 23.4. The minimum Gasteiger partial charge on any atom is -0.483 e. The van der Waals surface area contributed by atoms with Crippen molar-refractivity contribution in [1.82, 2.24) is 4.98 Å². The van der Waals surface area contributed by atoms with Crippen LogP contribution in [0.1, 0.15) is 21.9 Å². The summed E-state index contributed by atoms with van der Waals surface area (Å²) in [6, 6.07) is 21.1. The topological polar surface area (TPSA) is 109 Å². The summed E-state index contributed by atoms with van der Waals surface area (Å²) >= 11 is 8.60. The molecule has 4 aromatic rings. The molecule has 3 atom stereocenters. The van der Waals surface area contributed by atoms with Crippen molar-refractivity contribution in [3.8, 4) is 5.75 Å². The van der Waals surface area contributed by atoms with Gasteiger partial charge in [0.25, 0.3) is 5.91 Å². The Labute approximate surface area is 242 Å². The first-order chi connectivity index (χ1) is 19.3. The lowest BCUT2D eigenvalue weighted by Gasteiger charge is -2.31. The quantitative estimate of drug-likeness (QED) is 0.298. The van der Waals surface area contributed by atoms with Gasteiger partial charge < -0.3 is 15.0 Å². The fourth-order valence-electron chi connectivity index (χ4n) is 5.14. The minimum absolute atomic E-state index is 0.288. The molecule has 3 heterocycles. The van der Waals surface area contributed by atoms with E-state index in [4.69, 9.17) is 16.3 Å². The Morgan fingerprint density at radius 3 is 2.60 bits per heavy atom. The Kier molecular flexibility index (Phi) is 6.99. The van der Waals surface area contributed by atoms with Crippen molar-refractivity contribution >= 4 is 63.8 Å². The molecule has 3 amide bonds. The summed E-state index contributed by atoms with van der Waals surface area (Å²) in [4.78, 5) is 57.0. The first-order valence-corrected chi connectivity index (χ1v) is 14.5. The van der Waals surface area contributed by atoms with Crippen molar-refractivity contribution in [2.75, 3.05) is 16.8 Å². The monoisotopic (exact) mass is 591 g/mol. The van der Waals surface area contributed by atoms with Gasteiger partial charge in [0.05, 0.1) is 16.6 Å². The number of benzene rings is 3. The largest absolute Gasteiger partial charge is 0.483 e. The number of hydrogen-bond donors (Lipinski definition) is 2. The van der Waals surface area contributed by atoms with Crippen molar-refractivity contribution in [3.63, 3.8) is 0 Å². The van der Waals surface area contributed by atoms with Crippen LogP contribution in [-0.2, 0) is 14.4 Å². The number of hydrogen-bond acceptors (Lipinski definition) is 7. The molecule has 1 aromatic heterocycles. The maximum Gasteiger partial charge on any atom is 0.305 e. The van der Waals surface area contributed by atoms with Crippen molar-refractivity contribution < 1.29 is 19.1 Å². The van der Waals surface area contributed by atoms with E-state index < -0.39 is 17.1 Å². The Hall–Kier alpha value is -3.86. The molecule has 6 rings (SSSR count). The summed E-state index contributed by atoms with van der Waals surface area (Å²) in [6.45, 7) is 1.64. The zero-order chi connectivity index (χ0) is 28.0. The fraction of sp³-hybridized carbons (Fsp3) is 0.172. The van der Waals surface area contributed by atoms with E-state index >= 15 is 0 Å². The number of ether oxygens (including phenoxy) is 1. The van der Waals surface area contributed by atoms with Gasteiger partial charge in [-0.15, -0.1) is 0 Å². The first kappa shape index (κ1) is 26.4. The fourth-order valence-corrected chi connectivity index (χ4v) is 7.83. The number of para-hydroxylation sites is 1. The average Bonchev–Trinajstić information content (AvgIpc) is 3.42. The summed E-state index contributed by atoms with van der Waals surface area (Å²) in [6.07, 6.45) is 0. The molecule has 8 nitrogen and oxygen atoms in total. The predicted molar refractivity (Wildman–Crippen MR) is 156 cm³/mol. The van der Waals surface area contributed by atoms with E-state index in [0.29, 0.717) is 37.6 Å². The van der Waals surface area contributed by atoms with Gasteiger partial charge in [-0.2, -0.15) is 0 Å².